The van der Waals surface area contributed by atoms with Crippen molar-refractivity contribution in [1.82, 2.24) is 15.5 Å². The van der Waals surface area contributed by atoms with Gasteiger partial charge in [0, 0.05) is 25.0 Å². The van der Waals surface area contributed by atoms with Gasteiger partial charge in [0.2, 0.25) is 5.91 Å². The number of nitrogens with zero attached hydrogens (tertiary/aromatic N) is 1. The fourth-order valence-corrected chi connectivity index (χ4v) is 3.06. The molecule has 0 radical (unpaired) electrons. The predicted octanol–water partition coefficient (Wildman–Crippen LogP) is 1.12. The van der Waals surface area contributed by atoms with Gasteiger partial charge in [-0.25, -0.2) is 0 Å². The molecule has 2 atom stereocenters. The minimum Gasteiger partial charge on any atom is -0.352 e. The lowest BCUT2D eigenvalue weighted by molar-refractivity contribution is -0.122. The topological polar surface area (TPSA) is 44.4 Å². The predicted molar refractivity (Wildman–Crippen MR) is 73.5 cm³/mol. The van der Waals surface area contributed by atoms with Gasteiger partial charge in [-0.15, -0.1) is 0 Å². The van der Waals surface area contributed by atoms with E-state index in [4.69, 9.17) is 0 Å². The van der Waals surface area contributed by atoms with E-state index in [1.807, 2.05) is 0 Å². The lowest BCUT2D eigenvalue weighted by Crippen LogP contribution is -2.44. The van der Waals surface area contributed by atoms with Gasteiger partial charge in [-0.05, 0) is 52.2 Å². The summed E-state index contributed by atoms with van der Waals surface area (Å²) >= 11 is 0. The van der Waals surface area contributed by atoms with E-state index >= 15 is 0 Å². The average molecular weight is 253 g/mol. The van der Waals surface area contributed by atoms with Gasteiger partial charge in [0.05, 0.1) is 0 Å². The second kappa shape index (κ2) is 7.10. The molecule has 0 spiro atoms. The lowest BCUT2D eigenvalue weighted by atomic mass is 10.1. The van der Waals surface area contributed by atoms with Crippen molar-refractivity contribution in [3.05, 3.63) is 0 Å². The molecule has 2 rings (SSSR count). The Morgan fingerprint density at radius 2 is 2.11 bits per heavy atom. The molecular formula is C14H27N3O. The van der Waals surface area contributed by atoms with Gasteiger partial charge in [0.1, 0.15) is 0 Å². The van der Waals surface area contributed by atoms with Gasteiger partial charge < -0.3 is 15.5 Å². The van der Waals surface area contributed by atoms with Crippen LogP contribution in [-0.2, 0) is 4.79 Å². The van der Waals surface area contributed by atoms with Crippen LogP contribution < -0.4 is 10.6 Å². The molecule has 2 heterocycles. The number of carbonyl (C=O) groups is 1. The first-order valence-corrected chi connectivity index (χ1v) is 7.49. The number of hydrogen-bond donors (Lipinski definition) is 2. The molecule has 2 saturated heterocycles. The van der Waals surface area contributed by atoms with Gasteiger partial charge in [-0.1, -0.05) is 6.42 Å². The second-order valence-electron chi connectivity index (χ2n) is 5.83. The minimum atomic E-state index is 0.207. The van der Waals surface area contributed by atoms with Crippen molar-refractivity contribution in [1.29, 1.82) is 0 Å². The Hall–Kier alpha value is -0.610. The van der Waals surface area contributed by atoms with E-state index in [1.165, 1.54) is 38.8 Å². The number of piperidine rings is 1. The third kappa shape index (κ3) is 4.58. The van der Waals surface area contributed by atoms with Crippen LogP contribution in [-0.4, -0.2) is 49.1 Å². The average Bonchev–Trinajstić information content (AvgIpc) is 2.82. The van der Waals surface area contributed by atoms with Gasteiger partial charge in [0.15, 0.2) is 0 Å². The van der Waals surface area contributed by atoms with Crippen molar-refractivity contribution in [3.8, 4) is 0 Å². The van der Waals surface area contributed by atoms with Crippen molar-refractivity contribution in [2.24, 2.45) is 0 Å². The van der Waals surface area contributed by atoms with Crippen molar-refractivity contribution in [3.63, 3.8) is 0 Å². The van der Waals surface area contributed by atoms with E-state index in [1.54, 1.807) is 0 Å². The maximum Gasteiger partial charge on any atom is 0.221 e. The van der Waals surface area contributed by atoms with E-state index in [-0.39, 0.29) is 11.9 Å². The molecule has 1 amide bonds. The number of nitrogens with one attached hydrogen (secondary N) is 2. The van der Waals surface area contributed by atoms with Gasteiger partial charge in [0.25, 0.3) is 0 Å². The van der Waals surface area contributed by atoms with E-state index < -0.39 is 0 Å². The fraction of sp³-hybridized carbons (Fsp3) is 0.929. The standard InChI is InChI=1S/C14H27N3O/c1-12(11-17-8-3-2-4-9-17)16-14(18)10-13-6-5-7-15-13/h12-13,15H,2-11H2,1H3,(H,16,18). The summed E-state index contributed by atoms with van der Waals surface area (Å²) < 4.78 is 0. The number of hydrogen-bond acceptors (Lipinski definition) is 3. The first kappa shape index (κ1) is 13.8. The molecular weight excluding hydrogens is 226 g/mol. The van der Waals surface area contributed by atoms with E-state index in [2.05, 4.69) is 22.5 Å². The first-order chi connectivity index (χ1) is 8.74. The Labute approximate surface area is 110 Å². The fourth-order valence-electron chi connectivity index (χ4n) is 3.06. The van der Waals surface area contributed by atoms with Crippen molar-refractivity contribution in [2.45, 2.75) is 57.5 Å². The molecule has 0 bridgehead atoms. The molecule has 0 saturated carbocycles. The van der Waals surface area contributed by atoms with Crippen LogP contribution in [0.15, 0.2) is 0 Å². The van der Waals surface area contributed by atoms with Crippen LogP contribution in [0.5, 0.6) is 0 Å². The monoisotopic (exact) mass is 253 g/mol. The maximum atomic E-state index is 11.9. The Bertz CT molecular complexity index is 258. The third-order valence-electron chi connectivity index (χ3n) is 3.98. The van der Waals surface area contributed by atoms with Crippen LogP contribution >= 0.6 is 0 Å². The summed E-state index contributed by atoms with van der Waals surface area (Å²) in [5, 5.41) is 6.50. The Morgan fingerprint density at radius 1 is 1.33 bits per heavy atom. The molecule has 0 aromatic carbocycles. The van der Waals surface area contributed by atoms with Crippen LogP contribution in [0.1, 0.15) is 45.4 Å². The molecule has 0 aromatic heterocycles. The van der Waals surface area contributed by atoms with Crippen LogP contribution in [0.25, 0.3) is 0 Å². The minimum absolute atomic E-state index is 0.207. The van der Waals surface area contributed by atoms with Crippen molar-refractivity contribution in [2.75, 3.05) is 26.2 Å². The van der Waals surface area contributed by atoms with Crippen molar-refractivity contribution < 1.29 is 4.79 Å². The van der Waals surface area contributed by atoms with Gasteiger partial charge >= 0.3 is 0 Å². The molecule has 0 aliphatic carbocycles. The highest BCUT2D eigenvalue weighted by atomic mass is 16.1. The highest BCUT2D eigenvalue weighted by Crippen LogP contribution is 2.10. The van der Waals surface area contributed by atoms with Crippen molar-refractivity contribution >= 4 is 5.91 Å². The Kier molecular flexibility index (Phi) is 5.45. The summed E-state index contributed by atoms with van der Waals surface area (Å²) in [5.74, 6) is 0.207. The molecule has 18 heavy (non-hydrogen) atoms. The zero-order valence-electron chi connectivity index (χ0n) is 11.6. The van der Waals surface area contributed by atoms with Crippen LogP contribution in [0, 0.1) is 0 Å². The molecule has 4 nitrogen and oxygen atoms in total. The van der Waals surface area contributed by atoms with E-state index in [9.17, 15) is 4.79 Å². The third-order valence-corrected chi connectivity index (χ3v) is 3.98. The largest absolute Gasteiger partial charge is 0.352 e. The molecule has 2 aliphatic rings. The first-order valence-electron chi connectivity index (χ1n) is 7.49. The molecule has 0 aromatic rings. The zero-order chi connectivity index (χ0) is 12.8. The number of rotatable bonds is 5. The normalized spacial score (nSPS) is 27.1. The van der Waals surface area contributed by atoms with Gasteiger partial charge in [-0.2, -0.15) is 0 Å². The number of likely N-dealkylation sites (tertiary alicyclic amines) is 1. The summed E-state index contributed by atoms with van der Waals surface area (Å²) in [4.78, 5) is 14.4. The van der Waals surface area contributed by atoms with E-state index in [0.29, 0.717) is 12.5 Å². The summed E-state index contributed by atoms with van der Waals surface area (Å²) in [6.45, 7) is 6.59. The number of carbonyl (C=O) groups excluding carboxylic acids is 1. The molecule has 2 unspecified atom stereocenters. The molecule has 104 valence electrons. The summed E-state index contributed by atoms with van der Waals surface area (Å²) in [6.07, 6.45) is 6.99. The second-order valence-corrected chi connectivity index (χ2v) is 5.83. The van der Waals surface area contributed by atoms with Crippen LogP contribution in [0.4, 0.5) is 0 Å². The molecule has 2 fully saturated rings. The highest BCUT2D eigenvalue weighted by Gasteiger charge is 2.19. The molecule has 2 aliphatic heterocycles. The SMILES string of the molecule is CC(CN1CCCCC1)NC(=O)CC1CCCN1. The lowest BCUT2D eigenvalue weighted by Gasteiger charge is -2.29. The Balaban J connectivity index is 1.62. The highest BCUT2D eigenvalue weighted by molar-refractivity contribution is 5.76. The van der Waals surface area contributed by atoms with Crippen LogP contribution in [0.3, 0.4) is 0 Å². The summed E-state index contributed by atoms with van der Waals surface area (Å²) in [6, 6.07) is 0.684. The molecule has 2 N–H and O–H groups in total. The Morgan fingerprint density at radius 3 is 2.78 bits per heavy atom. The number of amides is 1. The smallest absolute Gasteiger partial charge is 0.221 e. The molecule has 4 heteroatoms. The van der Waals surface area contributed by atoms with Gasteiger partial charge in [-0.3, -0.25) is 4.79 Å². The van der Waals surface area contributed by atoms with Crippen LogP contribution in [0.2, 0.25) is 0 Å². The zero-order valence-corrected chi connectivity index (χ0v) is 11.6. The summed E-state index contributed by atoms with van der Waals surface area (Å²) in [7, 11) is 0. The van der Waals surface area contributed by atoms with E-state index in [0.717, 1.165) is 19.5 Å². The quantitative estimate of drug-likeness (QED) is 0.772. The maximum absolute atomic E-state index is 11.9. The summed E-state index contributed by atoms with van der Waals surface area (Å²) in [5.41, 5.74) is 0.